The van der Waals surface area contributed by atoms with Gasteiger partial charge in [-0.3, -0.25) is 23.9 Å². The first-order chi connectivity index (χ1) is 18.4. The number of hydrogen-bond acceptors (Lipinski definition) is 6. The van der Waals surface area contributed by atoms with Gasteiger partial charge >= 0.3 is 0 Å². The van der Waals surface area contributed by atoms with Crippen molar-refractivity contribution in [2.75, 3.05) is 46.4 Å². The van der Waals surface area contributed by atoms with E-state index >= 15 is 0 Å². The second-order valence-electron chi connectivity index (χ2n) is 9.82. The summed E-state index contributed by atoms with van der Waals surface area (Å²) in [6.07, 6.45) is 6.48. The van der Waals surface area contributed by atoms with Gasteiger partial charge < -0.3 is 30.2 Å². The van der Waals surface area contributed by atoms with Crippen LogP contribution in [0.4, 0.5) is 0 Å². The number of nitrogens with one attached hydrogen (secondary N) is 3. The summed E-state index contributed by atoms with van der Waals surface area (Å²) in [5, 5.41) is 10.5. The molecule has 0 aromatic carbocycles. The van der Waals surface area contributed by atoms with E-state index in [9.17, 15) is 19.2 Å². The second kappa shape index (κ2) is 12.7. The van der Waals surface area contributed by atoms with Crippen molar-refractivity contribution < 1.29 is 23.9 Å². The van der Waals surface area contributed by atoms with Crippen LogP contribution < -0.4 is 10.6 Å². The Hall–Kier alpha value is -3.67. The molecule has 4 rings (SSSR count). The number of aromatic amines is 1. The molecule has 3 N–H and O–H groups in total. The molecule has 0 radical (unpaired) electrons. The predicted octanol–water partition coefficient (Wildman–Crippen LogP) is 0.253. The van der Waals surface area contributed by atoms with Gasteiger partial charge in [-0.05, 0) is 38.2 Å². The minimum atomic E-state index is -0.255. The molecule has 206 valence electrons. The van der Waals surface area contributed by atoms with Crippen LogP contribution in [0, 0.1) is 0 Å². The topological polar surface area (TPSA) is 142 Å². The average molecular weight is 528 g/mol. The minimum Gasteiger partial charge on any atom is -0.383 e. The van der Waals surface area contributed by atoms with Crippen molar-refractivity contribution in [2.24, 2.45) is 7.05 Å². The molecular weight excluding hydrogens is 490 g/mol. The smallest absolute Gasteiger partial charge is 0.272 e. The maximum absolute atomic E-state index is 13.1. The Morgan fingerprint density at radius 3 is 2.76 bits per heavy atom. The lowest BCUT2D eigenvalue weighted by molar-refractivity contribution is -0.137. The molecule has 1 unspecified atom stereocenters. The van der Waals surface area contributed by atoms with E-state index in [1.807, 2.05) is 7.05 Å². The second-order valence-corrected chi connectivity index (χ2v) is 9.82. The largest absolute Gasteiger partial charge is 0.383 e. The van der Waals surface area contributed by atoms with Crippen LogP contribution in [0.2, 0.25) is 0 Å². The highest BCUT2D eigenvalue weighted by atomic mass is 16.5. The number of aromatic nitrogens is 3. The lowest BCUT2D eigenvalue weighted by Crippen LogP contribution is -2.47. The van der Waals surface area contributed by atoms with Crippen LogP contribution in [0.1, 0.15) is 57.8 Å². The zero-order valence-corrected chi connectivity index (χ0v) is 22.1. The van der Waals surface area contributed by atoms with Gasteiger partial charge in [-0.2, -0.15) is 5.10 Å². The average Bonchev–Trinajstić information content (AvgIpc) is 3.55. The third-order valence-electron chi connectivity index (χ3n) is 7.13. The third-order valence-corrected chi connectivity index (χ3v) is 7.13. The summed E-state index contributed by atoms with van der Waals surface area (Å²) in [6.45, 7) is 1.73. The SMILES string of the molecule is COCCN1CC(=O)NC2CCc3c(c(nn3C)C(=O)NCCCN(C(=O)c3cc[nH]c3)CCCC1=O)C2. The van der Waals surface area contributed by atoms with Crippen LogP contribution in [0.3, 0.4) is 0 Å². The zero-order chi connectivity index (χ0) is 27.1. The lowest BCUT2D eigenvalue weighted by atomic mass is 9.91. The van der Waals surface area contributed by atoms with Crippen LogP contribution in [-0.4, -0.2) is 101 Å². The van der Waals surface area contributed by atoms with E-state index in [1.54, 1.807) is 35.2 Å². The van der Waals surface area contributed by atoms with Crippen LogP contribution in [0.25, 0.3) is 0 Å². The van der Waals surface area contributed by atoms with Crippen LogP contribution in [0.5, 0.6) is 0 Å². The molecule has 1 aliphatic heterocycles. The Morgan fingerprint density at radius 2 is 2.00 bits per heavy atom. The molecular formula is C26H37N7O5. The number of carbonyl (C=O) groups excluding carboxylic acids is 4. The third kappa shape index (κ3) is 6.60. The van der Waals surface area contributed by atoms with Crippen molar-refractivity contribution in [3.8, 4) is 0 Å². The van der Waals surface area contributed by atoms with Gasteiger partial charge in [0.25, 0.3) is 11.8 Å². The van der Waals surface area contributed by atoms with E-state index in [1.165, 1.54) is 4.90 Å². The molecule has 1 atom stereocenters. The van der Waals surface area contributed by atoms with E-state index in [0.29, 0.717) is 69.7 Å². The molecule has 1 aliphatic carbocycles. The van der Waals surface area contributed by atoms with E-state index < -0.39 is 0 Å². The highest BCUT2D eigenvalue weighted by Crippen LogP contribution is 2.24. The fourth-order valence-electron chi connectivity index (χ4n) is 5.12. The molecule has 12 nitrogen and oxygen atoms in total. The summed E-state index contributed by atoms with van der Waals surface area (Å²) in [7, 11) is 3.38. The first-order valence-corrected chi connectivity index (χ1v) is 13.2. The molecule has 2 aromatic heterocycles. The van der Waals surface area contributed by atoms with Crippen molar-refractivity contribution in [1.29, 1.82) is 0 Å². The summed E-state index contributed by atoms with van der Waals surface area (Å²) in [6, 6.07) is 1.57. The summed E-state index contributed by atoms with van der Waals surface area (Å²) < 4.78 is 6.90. The first kappa shape index (κ1) is 27.4. The maximum atomic E-state index is 13.1. The highest BCUT2D eigenvalue weighted by molar-refractivity contribution is 5.95. The Bertz CT molecular complexity index is 1140. The molecule has 0 saturated heterocycles. The van der Waals surface area contributed by atoms with Gasteiger partial charge in [-0.1, -0.05) is 0 Å². The monoisotopic (exact) mass is 527 g/mol. The normalized spacial score (nSPS) is 19.9. The van der Waals surface area contributed by atoms with Crippen LogP contribution >= 0.6 is 0 Å². The number of rotatable bonds is 4. The van der Waals surface area contributed by atoms with Crippen molar-refractivity contribution >= 4 is 23.6 Å². The maximum Gasteiger partial charge on any atom is 0.272 e. The fraction of sp³-hybridized carbons (Fsp3) is 0.577. The number of H-pyrrole nitrogens is 1. The summed E-state index contributed by atoms with van der Waals surface area (Å²) >= 11 is 0. The standard InChI is InChI=1S/C26H37N7O5/c1-31-21-7-6-19-15-20(21)24(30-31)25(36)28-9-4-12-32(26(37)18-8-10-27-16-18)11-3-5-23(35)33(13-14-38-2)17-22(34)29-19/h8,10,16,19,27H,3-7,9,11-15,17H2,1-2H3,(H,28,36)(H,29,34). The van der Waals surface area contributed by atoms with E-state index in [-0.39, 0.29) is 42.6 Å². The number of aryl methyl sites for hydroxylation is 1. The predicted molar refractivity (Wildman–Crippen MR) is 139 cm³/mol. The van der Waals surface area contributed by atoms with Crippen molar-refractivity contribution in [1.82, 2.24) is 35.2 Å². The molecule has 12 heteroatoms. The fourth-order valence-corrected chi connectivity index (χ4v) is 5.12. The molecule has 4 amide bonds. The first-order valence-electron chi connectivity index (χ1n) is 13.2. The van der Waals surface area contributed by atoms with Gasteiger partial charge in [-0.15, -0.1) is 0 Å². The number of hydrogen-bond donors (Lipinski definition) is 3. The van der Waals surface area contributed by atoms with Gasteiger partial charge in [0.1, 0.15) is 0 Å². The summed E-state index contributed by atoms with van der Waals surface area (Å²) in [5.41, 5.74) is 2.75. The molecule has 0 spiro atoms. The van der Waals surface area contributed by atoms with Crippen LogP contribution in [-0.2, 0) is 34.2 Å². The minimum absolute atomic E-state index is 0.0715. The Kier molecular flexibility index (Phi) is 9.16. The van der Waals surface area contributed by atoms with Crippen molar-refractivity contribution in [3.05, 3.63) is 41.0 Å². The van der Waals surface area contributed by atoms with E-state index in [4.69, 9.17) is 4.74 Å². The van der Waals surface area contributed by atoms with E-state index in [0.717, 1.165) is 17.7 Å². The van der Waals surface area contributed by atoms with Gasteiger partial charge in [-0.25, -0.2) is 0 Å². The molecule has 0 fully saturated rings. The molecule has 0 saturated carbocycles. The van der Waals surface area contributed by atoms with Crippen molar-refractivity contribution in [2.45, 2.75) is 44.6 Å². The lowest BCUT2D eigenvalue weighted by Gasteiger charge is -2.27. The van der Waals surface area contributed by atoms with Gasteiger partial charge in [0.2, 0.25) is 11.8 Å². The number of fused-ring (bicyclic) bond motifs is 1. The van der Waals surface area contributed by atoms with Gasteiger partial charge in [0.05, 0.1) is 18.7 Å². The number of ether oxygens (including phenoxy) is 1. The zero-order valence-electron chi connectivity index (χ0n) is 22.1. The number of carbonyl (C=O) groups is 4. The Balaban J connectivity index is 1.54. The highest BCUT2D eigenvalue weighted by Gasteiger charge is 2.30. The molecule has 3 heterocycles. The van der Waals surface area contributed by atoms with Crippen LogP contribution in [0.15, 0.2) is 18.5 Å². The molecule has 2 bridgehead atoms. The molecule has 2 aliphatic rings. The number of nitrogens with zero attached hydrogens (tertiary/aromatic N) is 4. The number of methoxy groups -OCH3 is 1. The van der Waals surface area contributed by atoms with Gasteiger partial charge in [0, 0.05) is 76.5 Å². The Morgan fingerprint density at radius 1 is 1.18 bits per heavy atom. The summed E-state index contributed by atoms with van der Waals surface area (Å²) in [4.78, 5) is 58.2. The van der Waals surface area contributed by atoms with Crippen molar-refractivity contribution in [3.63, 3.8) is 0 Å². The molecule has 2 aromatic rings. The Labute approximate surface area is 222 Å². The van der Waals surface area contributed by atoms with Gasteiger partial charge in [0.15, 0.2) is 5.69 Å². The van der Waals surface area contributed by atoms with E-state index in [2.05, 4.69) is 20.7 Å². The number of amides is 4. The summed E-state index contributed by atoms with van der Waals surface area (Å²) in [5.74, 6) is -0.794. The molecule has 38 heavy (non-hydrogen) atoms. The quantitative estimate of drug-likeness (QED) is 0.521.